The van der Waals surface area contributed by atoms with Gasteiger partial charge in [-0.2, -0.15) is 0 Å². The number of carbonyl (C=O) groups excluding carboxylic acids is 1. The second-order valence-corrected chi connectivity index (χ2v) is 6.69. The molecule has 0 spiro atoms. The van der Waals surface area contributed by atoms with Crippen molar-refractivity contribution in [3.63, 3.8) is 0 Å². The van der Waals surface area contributed by atoms with Gasteiger partial charge in [0.2, 0.25) is 0 Å². The number of nitrogens with one attached hydrogen (secondary N) is 1. The Bertz CT molecular complexity index is 850. The molecule has 23 heavy (non-hydrogen) atoms. The Morgan fingerprint density at radius 1 is 1.39 bits per heavy atom. The minimum Gasteiger partial charge on any atom is -0.469 e. The number of hydrogen-bond donors (Lipinski definition) is 1. The van der Waals surface area contributed by atoms with Gasteiger partial charge in [-0.3, -0.25) is 4.79 Å². The Kier molecular flexibility index (Phi) is 4.73. The SMILES string of the molecule is COC(=O)Cc1cccc(Nc2ncnc3nc(SC)sc23)c1. The number of ether oxygens (including phenoxy) is 1. The van der Waals surface area contributed by atoms with Crippen molar-refractivity contribution in [3.8, 4) is 0 Å². The zero-order chi connectivity index (χ0) is 16.2. The van der Waals surface area contributed by atoms with Crippen molar-refractivity contribution in [1.29, 1.82) is 0 Å². The molecule has 0 saturated heterocycles. The summed E-state index contributed by atoms with van der Waals surface area (Å²) in [6.07, 6.45) is 3.71. The quantitative estimate of drug-likeness (QED) is 0.561. The number of thiazole rings is 1. The zero-order valence-electron chi connectivity index (χ0n) is 12.6. The van der Waals surface area contributed by atoms with E-state index in [1.54, 1.807) is 23.1 Å². The van der Waals surface area contributed by atoms with E-state index in [9.17, 15) is 4.79 Å². The smallest absolute Gasteiger partial charge is 0.309 e. The fraction of sp³-hybridized carbons (Fsp3) is 0.200. The Balaban J connectivity index is 1.88. The minimum absolute atomic E-state index is 0.238. The van der Waals surface area contributed by atoms with Gasteiger partial charge in [-0.25, -0.2) is 15.0 Å². The standard InChI is InChI=1S/C15H14N4O2S2/c1-21-11(20)7-9-4-3-5-10(6-9)18-13-12-14(17-8-16-13)19-15(22-2)23-12/h3-6,8H,7H2,1-2H3,(H,16,17,18). The molecular formula is C15H14N4O2S2. The minimum atomic E-state index is -0.265. The molecule has 2 heterocycles. The number of esters is 1. The number of rotatable bonds is 5. The van der Waals surface area contributed by atoms with Crippen molar-refractivity contribution in [2.75, 3.05) is 18.7 Å². The van der Waals surface area contributed by atoms with Crippen LogP contribution < -0.4 is 5.32 Å². The van der Waals surface area contributed by atoms with Crippen molar-refractivity contribution in [1.82, 2.24) is 15.0 Å². The first kappa shape index (κ1) is 15.7. The molecule has 3 aromatic rings. The molecule has 0 saturated carbocycles. The van der Waals surface area contributed by atoms with E-state index in [4.69, 9.17) is 4.74 Å². The van der Waals surface area contributed by atoms with E-state index in [-0.39, 0.29) is 12.4 Å². The van der Waals surface area contributed by atoms with Gasteiger partial charge in [0.1, 0.15) is 11.0 Å². The first-order valence-corrected chi connectivity index (χ1v) is 8.82. The van der Waals surface area contributed by atoms with Crippen LogP contribution in [0.2, 0.25) is 0 Å². The lowest BCUT2D eigenvalue weighted by atomic mass is 10.1. The summed E-state index contributed by atoms with van der Waals surface area (Å²) in [5, 5.41) is 3.27. The maximum atomic E-state index is 11.4. The van der Waals surface area contributed by atoms with Crippen LogP contribution >= 0.6 is 23.1 Å². The van der Waals surface area contributed by atoms with Gasteiger partial charge in [-0.15, -0.1) is 11.3 Å². The average molecular weight is 346 g/mol. The molecule has 0 unspecified atom stereocenters. The summed E-state index contributed by atoms with van der Waals surface area (Å²) in [6, 6.07) is 7.60. The fourth-order valence-electron chi connectivity index (χ4n) is 2.05. The molecule has 1 aromatic carbocycles. The molecule has 0 aliphatic carbocycles. The number of carbonyl (C=O) groups is 1. The number of anilines is 2. The second kappa shape index (κ2) is 6.93. The largest absolute Gasteiger partial charge is 0.469 e. The van der Waals surface area contributed by atoms with Gasteiger partial charge in [0.25, 0.3) is 0 Å². The molecule has 0 fully saturated rings. The summed E-state index contributed by atoms with van der Waals surface area (Å²) in [6.45, 7) is 0. The Labute approximate surface area is 141 Å². The molecule has 3 rings (SSSR count). The summed E-state index contributed by atoms with van der Waals surface area (Å²) in [5.41, 5.74) is 2.41. The number of aromatic nitrogens is 3. The number of thioether (sulfide) groups is 1. The number of nitrogens with zero attached hydrogens (tertiary/aromatic N) is 3. The van der Waals surface area contributed by atoms with Gasteiger partial charge in [-0.1, -0.05) is 23.9 Å². The average Bonchev–Trinajstić information content (AvgIpc) is 2.99. The third kappa shape index (κ3) is 3.59. The van der Waals surface area contributed by atoms with Crippen molar-refractivity contribution in [2.24, 2.45) is 0 Å². The van der Waals surface area contributed by atoms with E-state index < -0.39 is 0 Å². The van der Waals surface area contributed by atoms with Crippen LogP contribution in [0.4, 0.5) is 11.5 Å². The van der Waals surface area contributed by atoms with E-state index in [1.807, 2.05) is 30.5 Å². The molecular weight excluding hydrogens is 332 g/mol. The van der Waals surface area contributed by atoms with Gasteiger partial charge in [-0.05, 0) is 24.0 Å². The Morgan fingerprint density at radius 2 is 2.26 bits per heavy atom. The highest BCUT2D eigenvalue weighted by Crippen LogP contribution is 2.32. The van der Waals surface area contributed by atoms with Crippen molar-refractivity contribution in [3.05, 3.63) is 36.2 Å². The normalized spacial score (nSPS) is 10.7. The van der Waals surface area contributed by atoms with Gasteiger partial charge in [0, 0.05) is 5.69 Å². The Hall–Kier alpha value is -2.19. The lowest BCUT2D eigenvalue weighted by Crippen LogP contribution is -2.04. The van der Waals surface area contributed by atoms with Crippen LogP contribution in [0, 0.1) is 0 Å². The molecule has 0 bridgehead atoms. The van der Waals surface area contributed by atoms with E-state index in [0.717, 1.165) is 20.3 Å². The van der Waals surface area contributed by atoms with Crippen LogP contribution in [0.1, 0.15) is 5.56 Å². The lowest BCUT2D eigenvalue weighted by Gasteiger charge is -2.07. The van der Waals surface area contributed by atoms with Crippen molar-refractivity contribution < 1.29 is 9.53 Å². The highest BCUT2D eigenvalue weighted by Gasteiger charge is 2.11. The van der Waals surface area contributed by atoms with Crippen LogP contribution in [-0.4, -0.2) is 34.3 Å². The lowest BCUT2D eigenvalue weighted by molar-refractivity contribution is -0.139. The highest BCUT2D eigenvalue weighted by molar-refractivity contribution is 8.00. The molecule has 2 aromatic heterocycles. The van der Waals surface area contributed by atoms with Gasteiger partial charge in [0.05, 0.1) is 13.5 Å². The van der Waals surface area contributed by atoms with E-state index in [2.05, 4.69) is 20.3 Å². The summed E-state index contributed by atoms with van der Waals surface area (Å²) in [7, 11) is 1.38. The van der Waals surface area contributed by atoms with E-state index in [0.29, 0.717) is 11.5 Å². The molecule has 0 aliphatic heterocycles. The van der Waals surface area contributed by atoms with Gasteiger partial charge in [0.15, 0.2) is 15.8 Å². The third-order valence-electron chi connectivity index (χ3n) is 3.11. The maximum Gasteiger partial charge on any atom is 0.309 e. The molecule has 0 radical (unpaired) electrons. The van der Waals surface area contributed by atoms with Gasteiger partial charge >= 0.3 is 5.97 Å². The van der Waals surface area contributed by atoms with Crippen LogP contribution in [0.15, 0.2) is 34.9 Å². The monoisotopic (exact) mass is 346 g/mol. The van der Waals surface area contributed by atoms with Crippen LogP contribution in [-0.2, 0) is 16.0 Å². The maximum absolute atomic E-state index is 11.4. The summed E-state index contributed by atoms with van der Waals surface area (Å²) in [5.74, 6) is 0.446. The van der Waals surface area contributed by atoms with Gasteiger partial charge < -0.3 is 10.1 Å². The molecule has 6 nitrogen and oxygen atoms in total. The number of hydrogen-bond acceptors (Lipinski definition) is 8. The number of methoxy groups -OCH3 is 1. The van der Waals surface area contributed by atoms with Crippen molar-refractivity contribution in [2.45, 2.75) is 10.8 Å². The Morgan fingerprint density at radius 3 is 3.04 bits per heavy atom. The van der Waals surface area contributed by atoms with Crippen LogP contribution in [0.25, 0.3) is 10.3 Å². The predicted molar refractivity (Wildman–Crippen MR) is 92.4 cm³/mol. The molecule has 0 aliphatic rings. The topological polar surface area (TPSA) is 77.0 Å². The second-order valence-electron chi connectivity index (χ2n) is 4.64. The summed E-state index contributed by atoms with van der Waals surface area (Å²) < 4.78 is 6.56. The van der Waals surface area contributed by atoms with Crippen LogP contribution in [0.3, 0.4) is 0 Å². The molecule has 118 valence electrons. The number of fused-ring (bicyclic) bond motifs is 1. The molecule has 0 amide bonds. The van der Waals surface area contributed by atoms with Crippen LogP contribution in [0.5, 0.6) is 0 Å². The summed E-state index contributed by atoms with van der Waals surface area (Å²) in [4.78, 5) is 24.3. The van der Waals surface area contributed by atoms with E-state index in [1.165, 1.54) is 13.4 Å². The molecule has 8 heteroatoms. The van der Waals surface area contributed by atoms with Crippen molar-refractivity contribution >= 4 is 50.9 Å². The third-order valence-corrected chi connectivity index (χ3v) is 5.15. The molecule has 1 N–H and O–H groups in total. The molecule has 0 atom stereocenters. The fourth-order valence-corrected chi connectivity index (χ4v) is 3.50. The first-order valence-electron chi connectivity index (χ1n) is 6.78. The van der Waals surface area contributed by atoms with E-state index >= 15 is 0 Å². The number of benzene rings is 1. The first-order chi connectivity index (χ1) is 11.2. The summed E-state index contributed by atoms with van der Waals surface area (Å²) >= 11 is 3.13. The predicted octanol–water partition coefficient (Wildman–Crippen LogP) is 3.27. The zero-order valence-corrected chi connectivity index (χ0v) is 14.2. The highest BCUT2D eigenvalue weighted by atomic mass is 32.2.